The molecule has 2 aromatic rings. The summed E-state index contributed by atoms with van der Waals surface area (Å²) >= 11 is 12.3. The topological polar surface area (TPSA) is 64.3 Å². The summed E-state index contributed by atoms with van der Waals surface area (Å²) < 4.78 is 4.80. The molecule has 0 aliphatic rings. The molecule has 0 atom stereocenters. The summed E-state index contributed by atoms with van der Waals surface area (Å²) in [6.07, 6.45) is 0. The van der Waals surface area contributed by atoms with E-state index in [0.717, 1.165) is 5.56 Å². The van der Waals surface area contributed by atoms with Crippen molar-refractivity contribution < 1.29 is 9.53 Å². The third-order valence-corrected chi connectivity index (χ3v) is 3.83. The smallest absolute Gasteiger partial charge is 0.356 e. The maximum Gasteiger partial charge on any atom is 0.356 e. The number of ether oxygens (including phenoxy) is 1. The fraction of sp³-hybridized carbons (Fsp3) is 0.118. The fourth-order valence-electron chi connectivity index (χ4n) is 2.05. The van der Waals surface area contributed by atoms with Crippen molar-refractivity contribution in [2.45, 2.75) is 6.54 Å². The molecule has 0 bridgehead atoms. The zero-order valence-corrected chi connectivity index (χ0v) is 14.0. The van der Waals surface area contributed by atoms with Crippen LogP contribution in [-0.2, 0) is 16.1 Å². The highest BCUT2D eigenvalue weighted by molar-refractivity contribution is 6.37. The fourth-order valence-corrected chi connectivity index (χ4v) is 2.65. The minimum Gasteiger partial charge on any atom is -0.464 e. The van der Waals surface area contributed by atoms with Crippen LogP contribution in [0.5, 0.6) is 0 Å². The van der Waals surface area contributed by atoms with E-state index in [1.807, 2.05) is 30.3 Å². The van der Waals surface area contributed by atoms with Crippen LogP contribution in [0.25, 0.3) is 5.70 Å². The molecule has 0 amide bonds. The number of esters is 1. The molecule has 0 radical (unpaired) electrons. The standard InChI is InChI=1S/C17H16Cl2N2O2/c1-23-17(22)16(21-10-11-6-3-2-4-7-11)15(20)14-12(18)8-5-9-13(14)19/h2-9,21H,10,20H2,1H3/b16-15-. The first kappa shape index (κ1) is 17.2. The Hall–Kier alpha value is -2.17. The van der Waals surface area contributed by atoms with Crippen LogP contribution in [0, 0.1) is 0 Å². The number of rotatable bonds is 5. The third kappa shape index (κ3) is 4.18. The van der Waals surface area contributed by atoms with Crippen LogP contribution in [0.3, 0.4) is 0 Å². The van der Waals surface area contributed by atoms with Crippen molar-refractivity contribution in [2.24, 2.45) is 5.73 Å². The Morgan fingerprint density at radius 1 is 1.09 bits per heavy atom. The number of halogens is 2. The summed E-state index contributed by atoms with van der Waals surface area (Å²) in [5, 5.41) is 3.72. The average Bonchev–Trinajstić information content (AvgIpc) is 2.55. The van der Waals surface area contributed by atoms with Crippen molar-refractivity contribution in [3.63, 3.8) is 0 Å². The second kappa shape index (κ2) is 7.90. The molecule has 2 aromatic carbocycles. The van der Waals surface area contributed by atoms with Gasteiger partial charge in [0.05, 0.1) is 22.9 Å². The highest BCUT2D eigenvalue weighted by atomic mass is 35.5. The number of benzene rings is 2. The molecule has 0 spiro atoms. The molecule has 0 aromatic heterocycles. The summed E-state index contributed by atoms with van der Waals surface area (Å²) in [7, 11) is 1.29. The van der Waals surface area contributed by atoms with E-state index >= 15 is 0 Å². The van der Waals surface area contributed by atoms with Gasteiger partial charge in [-0.25, -0.2) is 4.79 Å². The van der Waals surface area contributed by atoms with Gasteiger partial charge in [-0.3, -0.25) is 0 Å². The van der Waals surface area contributed by atoms with E-state index in [-0.39, 0.29) is 11.4 Å². The van der Waals surface area contributed by atoms with Gasteiger partial charge in [-0.15, -0.1) is 0 Å². The molecule has 0 unspecified atom stereocenters. The van der Waals surface area contributed by atoms with Gasteiger partial charge < -0.3 is 15.8 Å². The Kier molecular flexibility index (Phi) is 5.90. The molecule has 0 aliphatic carbocycles. The zero-order chi connectivity index (χ0) is 16.8. The van der Waals surface area contributed by atoms with Crippen molar-refractivity contribution in [3.8, 4) is 0 Å². The lowest BCUT2D eigenvalue weighted by Gasteiger charge is -2.15. The lowest BCUT2D eigenvalue weighted by atomic mass is 10.1. The van der Waals surface area contributed by atoms with Gasteiger partial charge in [-0.05, 0) is 17.7 Å². The molecule has 4 nitrogen and oxygen atoms in total. The molecule has 120 valence electrons. The lowest BCUT2D eigenvalue weighted by Crippen LogP contribution is -2.25. The van der Waals surface area contributed by atoms with Crippen LogP contribution in [0.15, 0.2) is 54.2 Å². The monoisotopic (exact) mass is 350 g/mol. The SMILES string of the molecule is COC(=O)/C(NCc1ccccc1)=C(/N)c1c(Cl)cccc1Cl. The van der Waals surface area contributed by atoms with Gasteiger partial charge in [-0.1, -0.05) is 59.6 Å². The van der Waals surface area contributed by atoms with Gasteiger partial charge in [0.1, 0.15) is 5.70 Å². The Morgan fingerprint density at radius 3 is 2.26 bits per heavy atom. The lowest BCUT2D eigenvalue weighted by molar-refractivity contribution is -0.136. The van der Waals surface area contributed by atoms with Gasteiger partial charge in [0.15, 0.2) is 0 Å². The number of hydrogen-bond donors (Lipinski definition) is 2. The average molecular weight is 351 g/mol. The zero-order valence-electron chi connectivity index (χ0n) is 12.5. The summed E-state index contributed by atoms with van der Waals surface area (Å²) in [4.78, 5) is 12.1. The highest BCUT2D eigenvalue weighted by Crippen LogP contribution is 2.30. The minimum atomic E-state index is -0.589. The Morgan fingerprint density at radius 2 is 1.70 bits per heavy atom. The van der Waals surface area contributed by atoms with E-state index in [0.29, 0.717) is 22.2 Å². The second-order valence-electron chi connectivity index (χ2n) is 4.72. The number of nitrogens with one attached hydrogen (secondary N) is 1. The molecular weight excluding hydrogens is 335 g/mol. The Bertz CT molecular complexity index is 710. The van der Waals surface area contributed by atoms with E-state index in [4.69, 9.17) is 33.7 Å². The molecule has 0 saturated carbocycles. The van der Waals surface area contributed by atoms with Crippen LogP contribution >= 0.6 is 23.2 Å². The quantitative estimate of drug-likeness (QED) is 0.638. The van der Waals surface area contributed by atoms with Crippen molar-refractivity contribution in [1.82, 2.24) is 5.32 Å². The Balaban J connectivity index is 2.38. The Labute approximate surface area is 144 Å². The molecule has 0 saturated heterocycles. The van der Waals surface area contributed by atoms with E-state index in [2.05, 4.69) is 5.32 Å². The van der Waals surface area contributed by atoms with Gasteiger partial charge >= 0.3 is 5.97 Å². The third-order valence-electron chi connectivity index (χ3n) is 3.20. The molecule has 0 heterocycles. The highest BCUT2D eigenvalue weighted by Gasteiger charge is 2.19. The summed E-state index contributed by atoms with van der Waals surface area (Å²) in [5.41, 5.74) is 7.78. The molecule has 3 N–H and O–H groups in total. The van der Waals surface area contributed by atoms with Gasteiger partial charge in [0, 0.05) is 12.1 Å². The molecule has 2 rings (SSSR count). The predicted molar refractivity (Wildman–Crippen MR) is 92.9 cm³/mol. The van der Waals surface area contributed by atoms with E-state index in [9.17, 15) is 4.79 Å². The molecule has 0 fully saturated rings. The van der Waals surface area contributed by atoms with Gasteiger partial charge in [0.25, 0.3) is 0 Å². The number of nitrogens with two attached hydrogens (primary N) is 1. The van der Waals surface area contributed by atoms with Crippen molar-refractivity contribution in [2.75, 3.05) is 7.11 Å². The number of hydrogen-bond acceptors (Lipinski definition) is 4. The molecule has 23 heavy (non-hydrogen) atoms. The van der Waals surface area contributed by atoms with E-state index in [1.165, 1.54) is 7.11 Å². The largest absolute Gasteiger partial charge is 0.464 e. The van der Waals surface area contributed by atoms with Crippen LogP contribution in [0.1, 0.15) is 11.1 Å². The predicted octanol–water partition coefficient (Wildman–Crippen LogP) is 3.58. The first-order valence-electron chi connectivity index (χ1n) is 6.84. The van der Waals surface area contributed by atoms with Crippen molar-refractivity contribution in [3.05, 3.63) is 75.4 Å². The first-order valence-corrected chi connectivity index (χ1v) is 7.60. The second-order valence-corrected chi connectivity index (χ2v) is 5.53. The number of methoxy groups -OCH3 is 1. The van der Waals surface area contributed by atoms with Crippen LogP contribution < -0.4 is 11.1 Å². The minimum absolute atomic E-state index is 0.117. The molecule has 6 heteroatoms. The van der Waals surface area contributed by atoms with Crippen molar-refractivity contribution in [1.29, 1.82) is 0 Å². The van der Waals surface area contributed by atoms with Crippen LogP contribution in [0.4, 0.5) is 0 Å². The maximum absolute atomic E-state index is 12.1. The maximum atomic E-state index is 12.1. The van der Waals surface area contributed by atoms with Crippen LogP contribution in [-0.4, -0.2) is 13.1 Å². The van der Waals surface area contributed by atoms with Crippen molar-refractivity contribution >= 4 is 34.9 Å². The van der Waals surface area contributed by atoms with Gasteiger partial charge in [0.2, 0.25) is 0 Å². The van der Waals surface area contributed by atoms with E-state index in [1.54, 1.807) is 18.2 Å². The summed E-state index contributed by atoms with van der Waals surface area (Å²) in [6.45, 7) is 0.411. The summed E-state index contributed by atoms with van der Waals surface area (Å²) in [5.74, 6) is -0.589. The molecular formula is C17H16Cl2N2O2. The van der Waals surface area contributed by atoms with Crippen LogP contribution in [0.2, 0.25) is 10.0 Å². The normalized spacial score (nSPS) is 11.6. The van der Waals surface area contributed by atoms with Gasteiger partial charge in [-0.2, -0.15) is 0 Å². The number of carbonyl (C=O) groups excluding carboxylic acids is 1. The molecule has 0 aliphatic heterocycles. The first-order chi connectivity index (χ1) is 11.0. The summed E-state index contributed by atoms with van der Waals surface area (Å²) in [6, 6.07) is 14.6. The number of carbonyl (C=O) groups is 1. The van der Waals surface area contributed by atoms with E-state index < -0.39 is 5.97 Å².